The molecule has 0 aliphatic heterocycles. The summed E-state index contributed by atoms with van der Waals surface area (Å²) in [5.74, 6) is -0.626. The van der Waals surface area contributed by atoms with E-state index in [1.54, 1.807) is 19.1 Å². The van der Waals surface area contributed by atoms with E-state index in [-0.39, 0.29) is 17.6 Å². The first-order chi connectivity index (χ1) is 7.10. The van der Waals surface area contributed by atoms with Gasteiger partial charge in [0.25, 0.3) is 0 Å². The molecule has 0 radical (unpaired) electrons. The highest BCUT2D eigenvalue weighted by atomic mass is 35.5. The Kier molecular flexibility index (Phi) is 4.09. The van der Waals surface area contributed by atoms with E-state index in [1.807, 2.05) is 6.92 Å². The van der Waals surface area contributed by atoms with Gasteiger partial charge in [0.2, 0.25) is 5.91 Å². The second kappa shape index (κ2) is 5.12. The number of hydrogen-bond acceptors (Lipinski definition) is 1. The maximum atomic E-state index is 13.3. The maximum absolute atomic E-state index is 13.3. The molecule has 0 spiro atoms. The summed E-state index contributed by atoms with van der Waals surface area (Å²) < 4.78 is 13.3. The smallest absolute Gasteiger partial charge is 0.241 e. The van der Waals surface area contributed by atoms with E-state index < -0.39 is 0 Å². The first-order valence-corrected chi connectivity index (χ1v) is 5.26. The minimum atomic E-state index is -0.312. The van der Waals surface area contributed by atoms with Crippen LogP contribution in [-0.4, -0.2) is 18.3 Å². The van der Waals surface area contributed by atoms with Crippen molar-refractivity contribution in [2.24, 2.45) is 0 Å². The summed E-state index contributed by atoms with van der Waals surface area (Å²) in [6.07, 6.45) is 0. The molecule has 0 saturated heterocycles. The average Bonchev–Trinajstić information content (AvgIpc) is 2.24. The molecule has 0 saturated carbocycles. The van der Waals surface area contributed by atoms with Gasteiger partial charge < -0.3 is 4.90 Å². The molecule has 15 heavy (non-hydrogen) atoms. The summed E-state index contributed by atoms with van der Waals surface area (Å²) in [5.41, 5.74) is 1.11. The molecular weight excluding hydrogens is 217 g/mol. The number of hydrogen-bond donors (Lipinski definition) is 0. The first kappa shape index (κ1) is 12.0. The fourth-order valence-electron chi connectivity index (χ4n) is 1.32. The fraction of sp³-hybridized carbons (Fsp3) is 0.364. The molecule has 0 aromatic heterocycles. The number of rotatable bonds is 3. The second-order valence-electron chi connectivity index (χ2n) is 3.21. The lowest BCUT2D eigenvalue weighted by molar-refractivity contribution is -0.116. The SMILES string of the molecule is CCN(C(=O)CCl)c1ccc(C)c(F)c1. The molecular formula is C11H13ClFNO. The molecule has 2 nitrogen and oxygen atoms in total. The highest BCUT2D eigenvalue weighted by molar-refractivity contribution is 6.29. The van der Waals surface area contributed by atoms with Crippen LogP contribution < -0.4 is 4.90 Å². The Morgan fingerprint density at radius 1 is 1.53 bits per heavy atom. The number of carbonyl (C=O) groups is 1. The Hall–Kier alpha value is -1.09. The quantitative estimate of drug-likeness (QED) is 0.730. The minimum absolute atomic E-state index is 0.0939. The average molecular weight is 230 g/mol. The Morgan fingerprint density at radius 2 is 2.20 bits per heavy atom. The van der Waals surface area contributed by atoms with Gasteiger partial charge in [0.05, 0.1) is 0 Å². The zero-order valence-electron chi connectivity index (χ0n) is 8.76. The molecule has 0 heterocycles. The Labute approximate surface area is 93.6 Å². The summed E-state index contributed by atoms with van der Waals surface area (Å²) in [5, 5.41) is 0. The van der Waals surface area contributed by atoms with Crippen molar-refractivity contribution >= 4 is 23.2 Å². The van der Waals surface area contributed by atoms with E-state index in [2.05, 4.69) is 0 Å². The summed E-state index contributed by atoms with van der Waals surface area (Å²) in [6, 6.07) is 4.71. The van der Waals surface area contributed by atoms with E-state index in [9.17, 15) is 9.18 Å². The van der Waals surface area contributed by atoms with Crippen molar-refractivity contribution in [1.29, 1.82) is 0 Å². The Morgan fingerprint density at radius 3 is 2.67 bits per heavy atom. The van der Waals surface area contributed by atoms with Crippen LogP contribution in [0.3, 0.4) is 0 Å². The standard InChI is InChI=1S/C11H13ClFNO/c1-3-14(11(15)7-12)9-5-4-8(2)10(13)6-9/h4-6H,3,7H2,1-2H3. The van der Waals surface area contributed by atoms with Crippen LogP contribution in [0.25, 0.3) is 0 Å². The molecule has 0 aliphatic carbocycles. The van der Waals surface area contributed by atoms with E-state index in [0.29, 0.717) is 17.8 Å². The third-order valence-electron chi connectivity index (χ3n) is 2.20. The van der Waals surface area contributed by atoms with Gasteiger partial charge in [0.15, 0.2) is 0 Å². The van der Waals surface area contributed by atoms with Crippen molar-refractivity contribution < 1.29 is 9.18 Å². The van der Waals surface area contributed by atoms with Crippen LogP contribution in [0.15, 0.2) is 18.2 Å². The zero-order valence-corrected chi connectivity index (χ0v) is 9.51. The molecule has 1 aromatic rings. The van der Waals surface area contributed by atoms with Crippen LogP contribution in [0, 0.1) is 12.7 Å². The molecule has 0 atom stereocenters. The zero-order chi connectivity index (χ0) is 11.4. The number of aryl methyl sites for hydroxylation is 1. The number of amides is 1. The first-order valence-electron chi connectivity index (χ1n) is 4.72. The number of halogens is 2. The van der Waals surface area contributed by atoms with Gasteiger partial charge in [-0.25, -0.2) is 4.39 Å². The predicted molar refractivity (Wildman–Crippen MR) is 59.9 cm³/mol. The third kappa shape index (κ3) is 2.69. The summed E-state index contributed by atoms with van der Waals surface area (Å²) >= 11 is 5.46. The lowest BCUT2D eigenvalue weighted by Gasteiger charge is -2.20. The van der Waals surface area contributed by atoms with Crippen LogP contribution in [0.2, 0.25) is 0 Å². The molecule has 82 valence electrons. The van der Waals surface area contributed by atoms with Crippen molar-refractivity contribution in [1.82, 2.24) is 0 Å². The summed E-state index contributed by atoms with van der Waals surface area (Å²) in [7, 11) is 0. The molecule has 0 fully saturated rings. The van der Waals surface area contributed by atoms with Gasteiger partial charge in [-0.1, -0.05) is 6.07 Å². The Bertz CT molecular complexity index is 368. The topological polar surface area (TPSA) is 20.3 Å². The van der Waals surface area contributed by atoms with Gasteiger partial charge >= 0.3 is 0 Å². The second-order valence-corrected chi connectivity index (χ2v) is 3.47. The van der Waals surface area contributed by atoms with Crippen LogP contribution in [-0.2, 0) is 4.79 Å². The van der Waals surface area contributed by atoms with Gasteiger partial charge in [0.1, 0.15) is 11.7 Å². The van der Waals surface area contributed by atoms with Crippen LogP contribution in [0.1, 0.15) is 12.5 Å². The molecule has 1 aromatic carbocycles. The number of benzene rings is 1. The molecule has 0 unspecified atom stereocenters. The molecule has 0 N–H and O–H groups in total. The number of anilines is 1. The molecule has 0 bridgehead atoms. The van der Waals surface area contributed by atoms with E-state index in [0.717, 1.165) is 0 Å². The minimum Gasteiger partial charge on any atom is -0.312 e. The van der Waals surface area contributed by atoms with Crippen LogP contribution >= 0.6 is 11.6 Å². The van der Waals surface area contributed by atoms with Crippen LogP contribution in [0.4, 0.5) is 10.1 Å². The predicted octanol–water partition coefficient (Wildman–Crippen LogP) is 2.73. The Balaban J connectivity index is 3.02. The summed E-state index contributed by atoms with van der Waals surface area (Å²) in [6.45, 7) is 3.98. The number of carbonyl (C=O) groups excluding carboxylic acids is 1. The van der Waals surface area contributed by atoms with Gasteiger partial charge in [-0.05, 0) is 31.5 Å². The normalized spacial score (nSPS) is 10.1. The van der Waals surface area contributed by atoms with Crippen LogP contribution in [0.5, 0.6) is 0 Å². The van der Waals surface area contributed by atoms with Crippen molar-refractivity contribution in [3.8, 4) is 0 Å². The van der Waals surface area contributed by atoms with E-state index in [1.165, 1.54) is 11.0 Å². The monoisotopic (exact) mass is 229 g/mol. The highest BCUT2D eigenvalue weighted by Gasteiger charge is 2.13. The van der Waals surface area contributed by atoms with Gasteiger partial charge in [-0.15, -0.1) is 11.6 Å². The van der Waals surface area contributed by atoms with E-state index >= 15 is 0 Å². The highest BCUT2D eigenvalue weighted by Crippen LogP contribution is 2.18. The lowest BCUT2D eigenvalue weighted by atomic mass is 10.2. The third-order valence-corrected chi connectivity index (χ3v) is 2.43. The molecule has 0 aliphatic rings. The van der Waals surface area contributed by atoms with Gasteiger partial charge in [-0.2, -0.15) is 0 Å². The van der Waals surface area contributed by atoms with Gasteiger partial charge in [-0.3, -0.25) is 4.79 Å². The van der Waals surface area contributed by atoms with Crippen molar-refractivity contribution in [3.63, 3.8) is 0 Å². The molecule has 4 heteroatoms. The van der Waals surface area contributed by atoms with E-state index in [4.69, 9.17) is 11.6 Å². The maximum Gasteiger partial charge on any atom is 0.241 e. The number of alkyl halides is 1. The summed E-state index contributed by atoms with van der Waals surface area (Å²) in [4.78, 5) is 12.9. The number of nitrogens with zero attached hydrogens (tertiary/aromatic N) is 1. The van der Waals surface area contributed by atoms with Crippen molar-refractivity contribution in [2.45, 2.75) is 13.8 Å². The lowest BCUT2D eigenvalue weighted by Crippen LogP contribution is -2.31. The molecule has 1 rings (SSSR count). The van der Waals surface area contributed by atoms with Gasteiger partial charge in [0, 0.05) is 12.2 Å². The molecule has 1 amide bonds. The van der Waals surface area contributed by atoms with Crippen molar-refractivity contribution in [2.75, 3.05) is 17.3 Å². The van der Waals surface area contributed by atoms with Crippen molar-refractivity contribution in [3.05, 3.63) is 29.6 Å². The fourth-order valence-corrected chi connectivity index (χ4v) is 1.47. The largest absolute Gasteiger partial charge is 0.312 e.